The summed E-state index contributed by atoms with van der Waals surface area (Å²) in [5, 5.41) is 3.24. The van der Waals surface area contributed by atoms with Crippen LogP contribution >= 0.6 is 23.1 Å². The summed E-state index contributed by atoms with van der Waals surface area (Å²) in [6.45, 7) is 0. The molecule has 1 saturated heterocycles. The SMILES string of the molecule is O=C1/C(=C/c2ccccc2F)S/C(=N/c2nc(-c3ccccc3)cs2)N1C1CCCCC1. The summed E-state index contributed by atoms with van der Waals surface area (Å²) in [4.78, 5) is 25.1. The zero-order valence-corrected chi connectivity index (χ0v) is 19.0. The Kier molecular flexibility index (Phi) is 6.19. The summed E-state index contributed by atoms with van der Waals surface area (Å²) < 4.78 is 14.2. The van der Waals surface area contributed by atoms with Gasteiger partial charge in [-0.2, -0.15) is 4.99 Å². The van der Waals surface area contributed by atoms with Crippen LogP contribution in [0.15, 0.2) is 69.9 Å². The fraction of sp³-hybridized carbons (Fsp3) is 0.240. The molecule has 2 heterocycles. The van der Waals surface area contributed by atoms with E-state index in [4.69, 9.17) is 4.99 Å². The van der Waals surface area contributed by atoms with Gasteiger partial charge in [-0.05, 0) is 36.7 Å². The lowest BCUT2D eigenvalue weighted by Gasteiger charge is -2.30. The number of amides is 1. The molecule has 1 aliphatic heterocycles. The Labute approximate surface area is 194 Å². The molecule has 5 rings (SSSR count). The molecule has 4 nitrogen and oxygen atoms in total. The van der Waals surface area contributed by atoms with E-state index >= 15 is 0 Å². The molecule has 1 aromatic heterocycles. The van der Waals surface area contributed by atoms with Crippen LogP contribution in [-0.4, -0.2) is 27.0 Å². The van der Waals surface area contributed by atoms with Crippen molar-refractivity contribution in [1.29, 1.82) is 0 Å². The highest BCUT2D eigenvalue weighted by Gasteiger charge is 2.39. The second-order valence-corrected chi connectivity index (χ2v) is 9.72. The van der Waals surface area contributed by atoms with E-state index in [1.807, 2.05) is 40.6 Å². The van der Waals surface area contributed by atoms with Crippen LogP contribution < -0.4 is 0 Å². The third-order valence-electron chi connectivity index (χ3n) is 5.72. The minimum absolute atomic E-state index is 0.0938. The molecule has 162 valence electrons. The minimum Gasteiger partial charge on any atom is -0.283 e. The summed E-state index contributed by atoms with van der Waals surface area (Å²) in [6, 6.07) is 16.6. The van der Waals surface area contributed by atoms with Crippen LogP contribution in [0.4, 0.5) is 9.52 Å². The predicted octanol–water partition coefficient (Wildman–Crippen LogP) is 6.89. The average Bonchev–Trinajstić information content (AvgIpc) is 3.41. The molecule has 2 aromatic carbocycles. The van der Waals surface area contributed by atoms with E-state index in [2.05, 4.69) is 4.98 Å². The van der Waals surface area contributed by atoms with Crippen LogP contribution in [0, 0.1) is 5.82 Å². The molecule has 2 fully saturated rings. The maximum absolute atomic E-state index is 14.2. The summed E-state index contributed by atoms with van der Waals surface area (Å²) >= 11 is 2.77. The van der Waals surface area contributed by atoms with Gasteiger partial charge in [0.1, 0.15) is 5.82 Å². The standard InChI is InChI=1S/C25H22FN3OS2/c26-20-14-8-7-11-18(20)15-22-23(30)29(19-12-5-2-6-13-19)25(32-22)28-24-27-21(16-31-24)17-9-3-1-4-10-17/h1,3-4,7-11,14-16,19H,2,5-6,12-13H2/b22-15-,28-25+. The maximum Gasteiger partial charge on any atom is 0.267 e. The molecule has 32 heavy (non-hydrogen) atoms. The smallest absolute Gasteiger partial charge is 0.267 e. The summed E-state index contributed by atoms with van der Waals surface area (Å²) in [6.07, 6.45) is 6.97. The number of amidine groups is 1. The second kappa shape index (κ2) is 9.38. The zero-order valence-electron chi connectivity index (χ0n) is 17.4. The van der Waals surface area contributed by atoms with Gasteiger partial charge in [0.2, 0.25) is 5.13 Å². The Balaban J connectivity index is 1.49. The van der Waals surface area contributed by atoms with Crippen LogP contribution in [0.5, 0.6) is 0 Å². The lowest BCUT2D eigenvalue weighted by Crippen LogP contribution is -2.40. The van der Waals surface area contributed by atoms with Gasteiger partial charge in [0.25, 0.3) is 5.91 Å². The number of thioether (sulfide) groups is 1. The van der Waals surface area contributed by atoms with Gasteiger partial charge in [-0.1, -0.05) is 67.8 Å². The van der Waals surface area contributed by atoms with Crippen molar-refractivity contribution in [3.8, 4) is 11.3 Å². The molecule has 2 aliphatic rings. The minimum atomic E-state index is -0.338. The van der Waals surface area contributed by atoms with Crippen LogP contribution in [0.3, 0.4) is 0 Å². The van der Waals surface area contributed by atoms with E-state index < -0.39 is 0 Å². The number of carbonyl (C=O) groups excluding carboxylic acids is 1. The van der Waals surface area contributed by atoms with Crippen LogP contribution in [0.25, 0.3) is 17.3 Å². The molecular formula is C25H22FN3OS2. The van der Waals surface area contributed by atoms with Gasteiger partial charge in [0, 0.05) is 22.5 Å². The first-order chi connectivity index (χ1) is 15.7. The largest absolute Gasteiger partial charge is 0.283 e. The topological polar surface area (TPSA) is 45.6 Å². The summed E-state index contributed by atoms with van der Waals surface area (Å²) in [7, 11) is 0. The van der Waals surface area contributed by atoms with Crippen molar-refractivity contribution in [3.05, 3.63) is 76.3 Å². The van der Waals surface area contributed by atoms with Crippen molar-refractivity contribution < 1.29 is 9.18 Å². The fourth-order valence-electron chi connectivity index (χ4n) is 4.10. The van der Waals surface area contributed by atoms with Gasteiger partial charge < -0.3 is 0 Å². The number of hydrogen-bond acceptors (Lipinski definition) is 5. The Hall–Kier alpha value is -2.77. The predicted molar refractivity (Wildman–Crippen MR) is 130 cm³/mol. The van der Waals surface area contributed by atoms with Crippen molar-refractivity contribution >= 4 is 45.4 Å². The number of rotatable bonds is 4. The van der Waals surface area contributed by atoms with Crippen LogP contribution in [-0.2, 0) is 4.79 Å². The monoisotopic (exact) mass is 463 g/mol. The molecule has 0 N–H and O–H groups in total. The third kappa shape index (κ3) is 4.40. The first-order valence-corrected chi connectivity index (χ1v) is 12.5. The Bertz CT molecular complexity index is 1180. The highest BCUT2D eigenvalue weighted by atomic mass is 32.2. The lowest BCUT2D eigenvalue weighted by atomic mass is 9.94. The molecule has 0 unspecified atom stereocenters. The van der Waals surface area contributed by atoms with E-state index in [0.717, 1.165) is 36.9 Å². The number of hydrogen-bond donors (Lipinski definition) is 0. The zero-order chi connectivity index (χ0) is 21.9. The van der Waals surface area contributed by atoms with Crippen molar-refractivity contribution in [2.75, 3.05) is 0 Å². The van der Waals surface area contributed by atoms with E-state index in [1.54, 1.807) is 24.3 Å². The highest BCUT2D eigenvalue weighted by molar-refractivity contribution is 8.18. The van der Waals surface area contributed by atoms with Gasteiger partial charge in [0.05, 0.1) is 10.6 Å². The number of carbonyl (C=O) groups is 1. The first-order valence-electron chi connectivity index (χ1n) is 10.8. The normalized spacial score (nSPS) is 19.9. The number of thiazole rings is 1. The van der Waals surface area contributed by atoms with E-state index in [9.17, 15) is 9.18 Å². The Morgan fingerprint density at radius 2 is 1.78 bits per heavy atom. The van der Waals surface area contributed by atoms with E-state index in [1.165, 1.54) is 35.6 Å². The Morgan fingerprint density at radius 3 is 2.56 bits per heavy atom. The number of aliphatic imine (C=N–C) groups is 1. The van der Waals surface area contributed by atoms with Gasteiger partial charge >= 0.3 is 0 Å². The molecule has 1 aliphatic carbocycles. The van der Waals surface area contributed by atoms with Crippen molar-refractivity contribution in [2.24, 2.45) is 4.99 Å². The fourth-order valence-corrected chi connectivity index (χ4v) is 5.88. The molecule has 0 spiro atoms. The molecule has 0 atom stereocenters. The maximum atomic E-state index is 14.2. The quantitative estimate of drug-likeness (QED) is 0.396. The van der Waals surface area contributed by atoms with Crippen molar-refractivity contribution in [3.63, 3.8) is 0 Å². The van der Waals surface area contributed by atoms with Gasteiger partial charge in [-0.15, -0.1) is 11.3 Å². The Morgan fingerprint density at radius 1 is 1.03 bits per heavy atom. The van der Waals surface area contributed by atoms with E-state index in [-0.39, 0.29) is 17.8 Å². The summed E-state index contributed by atoms with van der Waals surface area (Å²) in [5.41, 5.74) is 2.32. The summed E-state index contributed by atoms with van der Waals surface area (Å²) in [5.74, 6) is -0.431. The molecular weight excluding hydrogens is 441 g/mol. The second-order valence-electron chi connectivity index (χ2n) is 7.87. The van der Waals surface area contributed by atoms with E-state index in [0.29, 0.717) is 20.8 Å². The van der Waals surface area contributed by atoms with Crippen molar-refractivity contribution in [2.45, 2.75) is 38.1 Å². The molecule has 1 saturated carbocycles. The number of benzene rings is 2. The lowest BCUT2D eigenvalue weighted by molar-refractivity contribution is -0.124. The molecule has 0 radical (unpaired) electrons. The first kappa shape index (κ1) is 21.1. The van der Waals surface area contributed by atoms with Crippen LogP contribution in [0.1, 0.15) is 37.7 Å². The molecule has 3 aromatic rings. The number of halogens is 1. The average molecular weight is 464 g/mol. The molecule has 0 bridgehead atoms. The van der Waals surface area contributed by atoms with Crippen molar-refractivity contribution in [1.82, 2.24) is 9.88 Å². The molecule has 1 amide bonds. The number of nitrogens with zero attached hydrogens (tertiary/aromatic N) is 3. The van der Waals surface area contributed by atoms with Gasteiger partial charge in [-0.25, -0.2) is 9.37 Å². The molecule has 7 heteroatoms. The third-order valence-corrected chi connectivity index (χ3v) is 7.44. The van der Waals surface area contributed by atoms with Crippen LogP contribution in [0.2, 0.25) is 0 Å². The van der Waals surface area contributed by atoms with Gasteiger partial charge in [0.15, 0.2) is 5.17 Å². The highest BCUT2D eigenvalue weighted by Crippen LogP contribution is 2.39. The van der Waals surface area contributed by atoms with Gasteiger partial charge in [-0.3, -0.25) is 9.69 Å². The number of aromatic nitrogens is 1.